The Balaban J connectivity index is 0.00000180. The second-order valence-electron chi connectivity index (χ2n) is 3.33. The molecule has 0 unspecified atom stereocenters. The van der Waals surface area contributed by atoms with E-state index in [-0.39, 0.29) is 28.1 Å². The maximum atomic E-state index is 11.9. The van der Waals surface area contributed by atoms with Gasteiger partial charge in [-0.25, -0.2) is 8.42 Å². The summed E-state index contributed by atoms with van der Waals surface area (Å²) in [6, 6.07) is 5.45. The van der Waals surface area contributed by atoms with Gasteiger partial charge in [-0.05, 0) is 19.1 Å². The van der Waals surface area contributed by atoms with Crippen LogP contribution in [-0.2, 0) is 10.0 Å². The van der Waals surface area contributed by atoms with Crippen LogP contribution in [0.25, 0.3) is 4.98 Å². The van der Waals surface area contributed by atoms with Crippen molar-refractivity contribution < 1.29 is 20.8 Å². The van der Waals surface area contributed by atoms with Crippen LogP contribution in [0.15, 0.2) is 29.2 Å². The number of aromatic nitrogens is 2. The van der Waals surface area contributed by atoms with Crippen LogP contribution in [0, 0.1) is 12.3 Å². The third-order valence-corrected chi connectivity index (χ3v) is 4.25. The van der Waals surface area contributed by atoms with E-state index in [9.17, 15) is 8.42 Å². The van der Waals surface area contributed by atoms with Gasteiger partial charge in [0.2, 0.25) is 10.5 Å². The van der Waals surface area contributed by atoms with Gasteiger partial charge in [-0.2, -0.15) is 0 Å². The topological polar surface area (TPSA) is 100 Å². The first kappa shape index (κ1) is 15.3. The Morgan fingerprint density at radius 3 is 2.37 bits per heavy atom. The summed E-state index contributed by atoms with van der Waals surface area (Å²) in [7, 11) is -3.69. The smallest absolute Gasteiger partial charge is 0.385 e. The maximum absolute atomic E-state index is 11.9. The second-order valence-corrected chi connectivity index (χ2v) is 6.19. The SMILES string of the molecule is Cc1nnc(NS(=O)(=O)c2ccc([N+]#N)cc2)s1.[Cl-]. The highest BCUT2D eigenvalue weighted by Crippen LogP contribution is 2.21. The number of halogens is 1. The number of hydrogen-bond acceptors (Lipinski definition) is 6. The van der Waals surface area contributed by atoms with Gasteiger partial charge in [0, 0.05) is 12.1 Å². The average Bonchev–Trinajstić information content (AvgIpc) is 2.74. The van der Waals surface area contributed by atoms with Crippen LogP contribution in [0.4, 0.5) is 10.8 Å². The minimum atomic E-state index is -3.69. The van der Waals surface area contributed by atoms with Gasteiger partial charge in [0.15, 0.2) is 4.98 Å². The zero-order valence-corrected chi connectivity index (χ0v) is 12.0. The monoisotopic (exact) mass is 317 g/mol. The van der Waals surface area contributed by atoms with Gasteiger partial charge < -0.3 is 12.4 Å². The molecule has 10 heteroatoms. The highest BCUT2D eigenvalue weighted by atomic mass is 35.5. The first-order valence-electron chi connectivity index (χ1n) is 4.79. The molecule has 0 bridgehead atoms. The van der Waals surface area contributed by atoms with Gasteiger partial charge in [0.1, 0.15) is 5.01 Å². The van der Waals surface area contributed by atoms with Crippen molar-refractivity contribution in [2.45, 2.75) is 11.8 Å². The fraction of sp³-hybridized carbons (Fsp3) is 0.111. The molecule has 0 atom stereocenters. The molecule has 0 saturated carbocycles. The lowest BCUT2D eigenvalue weighted by molar-refractivity contribution is -0.00000638. The quantitative estimate of drug-likeness (QED) is 0.742. The number of benzene rings is 1. The number of rotatable bonds is 3. The van der Waals surface area contributed by atoms with Crippen molar-refractivity contribution in [1.82, 2.24) is 10.2 Å². The highest BCUT2D eigenvalue weighted by molar-refractivity contribution is 7.93. The molecular formula is C9H8ClN5O2S2. The lowest BCUT2D eigenvalue weighted by Crippen LogP contribution is -3.00. The van der Waals surface area contributed by atoms with Crippen LogP contribution in [0.5, 0.6) is 0 Å². The van der Waals surface area contributed by atoms with Gasteiger partial charge in [0.05, 0.1) is 4.90 Å². The van der Waals surface area contributed by atoms with E-state index < -0.39 is 10.0 Å². The van der Waals surface area contributed by atoms with E-state index in [2.05, 4.69) is 19.9 Å². The molecule has 0 aliphatic heterocycles. The molecule has 7 nitrogen and oxygen atoms in total. The maximum Gasteiger partial charge on any atom is 0.385 e. The Morgan fingerprint density at radius 2 is 1.89 bits per heavy atom. The molecule has 2 rings (SSSR count). The summed E-state index contributed by atoms with van der Waals surface area (Å²) >= 11 is 1.15. The minimum absolute atomic E-state index is 0. The summed E-state index contributed by atoms with van der Waals surface area (Å²) in [5.41, 5.74) is 0.278. The van der Waals surface area contributed by atoms with Crippen molar-refractivity contribution in [2.24, 2.45) is 0 Å². The predicted octanol–water partition coefficient (Wildman–Crippen LogP) is -0.864. The van der Waals surface area contributed by atoms with E-state index in [1.54, 1.807) is 6.92 Å². The van der Waals surface area contributed by atoms with E-state index in [0.29, 0.717) is 5.01 Å². The zero-order valence-electron chi connectivity index (χ0n) is 9.61. The molecule has 0 fully saturated rings. The van der Waals surface area contributed by atoms with E-state index in [0.717, 1.165) is 11.3 Å². The van der Waals surface area contributed by atoms with Crippen LogP contribution in [0.3, 0.4) is 0 Å². The summed E-state index contributed by atoms with van der Waals surface area (Å²) in [6.07, 6.45) is 0. The van der Waals surface area contributed by atoms with E-state index >= 15 is 0 Å². The van der Waals surface area contributed by atoms with Crippen molar-refractivity contribution in [1.29, 1.82) is 5.39 Å². The minimum Gasteiger partial charge on any atom is -1.00 e. The molecule has 0 spiro atoms. The lowest BCUT2D eigenvalue weighted by Gasteiger charge is -2.02. The van der Waals surface area contributed by atoms with Crippen LogP contribution in [0.2, 0.25) is 0 Å². The van der Waals surface area contributed by atoms with Crippen LogP contribution >= 0.6 is 11.3 Å². The second kappa shape index (κ2) is 5.92. The standard InChI is InChI=1S/C9H8N5O2S2.ClH/c1-6-12-13-9(17-6)14-18(15,16)8-4-2-7(11-10)3-5-8;/h2-5H,1H3,(H,13,14);1H/q+1;/p-1. The molecule has 0 aliphatic carbocycles. The summed E-state index contributed by atoms with van der Waals surface area (Å²) in [6.45, 7) is 1.73. The summed E-state index contributed by atoms with van der Waals surface area (Å²) < 4.78 is 26.2. The van der Waals surface area contributed by atoms with Crippen molar-refractivity contribution in [3.05, 3.63) is 34.2 Å². The lowest BCUT2D eigenvalue weighted by atomic mass is 10.3. The van der Waals surface area contributed by atoms with Gasteiger partial charge in [-0.15, -0.1) is 10.2 Å². The normalized spacial score (nSPS) is 10.3. The molecule has 0 saturated heterocycles. The molecular weight excluding hydrogens is 310 g/mol. The fourth-order valence-electron chi connectivity index (χ4n) is 1.20. The fourth-order valence-corrected chi connectivity index (χ4v) is 3.03. The van der Waals surface area contributed by atoms with Gasteiger partial charge in [0.25, 0.3) is 10.0 Å². The third kappa shape index (κ3) is 3.60. The Bertz CT molecular complexity index is 705. The molecule has 1 heterocycles. The summed E-state index contributed by atoms with van der Waals surface area (Å²) in [5.74, 6) is 0. The Labute approximate surface area is 119 Å². The molecule has 1 aromatic carbocycles. The predicted molar refractivity (Wildman–Crippen MR) is 66.6 cm³/mol. The molecule has 19 heavy (non-hydrogen) atoms. The molecule has 0 radical (unpaired) electrons. The van der Waals surface area contributed by atoms with Crippen molar-refractivity contribution >= 4 is 32.2 Å². The number of nitrogens with one attached hydrogen (secondary N) is 1. The highest BCUT2D eigenvalue weighted by Gasteiger charge is 2.17. The molecule has 2 aromatic rings. The van der Waals surface area contributed by atoms with Crippen LogP contribution in [0.1, 0.15) is 5.01 Å². The molecule has 1 aromatic heterocycles. The Kier molecular flexibility index (Phi) is 4.77. The van der Waals surface area contributed by atoms with Crippen molar-refractivity contribution in [3.63, 3.8) is 0 Å². The summed E-state index contributed by atoms with van der Waals surface area (Å²) in [4.78, 5) is 3.00. The van der Waals surface area contributed by atoms with Crippen molar-refractivity contribution in [3.8, 4) is 0 Å². The summed E-state index contributed by atoms with van der Waals surface area (Å²) in [5, 5.41) is 16.8. The zero-order chi connectivity index (χ0) is 13.2. The molecule has 100 valence electrons. The van der Waals surface area contributed by atoms with E-state index in [1.807, 2.05) is 0 Å². The van der Waals surface area contributed by atoms with Crippen LogP contribution in [-0.4, -0.2) is 18.6 Å². The third-order valence-electron chi connectivity index (χ3n) is 2.01. The van der Waals surface area contributed by atoms with E-state index in [1.165, 1.54) is 24.3 Å². The number of nitrogens with zero attached hydrogens (tertiary/aromatic N) is 4. The number of diazo groups is 1. The van der Waals surface area contributed by atoms with Gasteiger partial charge in [-0.3, -0.25) is 4.72 Å². The van der Waals surface area contributed by atoms with E-state index in [4.69, 9.17) is 5.39 Å². The van der Waals surface area contributed by atoms with Crippen molar-refractivity contribution in [2.75, 3.05) is 4.72 Å². The molecule has 1 N–H and O–H groups in total. The van der Waals surface area contributed by atoms with Gasteiger partial charge in [-0.1, -0.05) is 11.3 Å². The van der Waals surface area contributed by atoms with Crippen LogP contribution < -0.4 is 17.1 Å². The molecule has 0 amide bonds. The average molecular weight is 318 g/mol. The first-order chi connectivity index (χ1) is 8.51. The number of hydrogen-bond donors (Lipinski definition) is 1. The number of anilines is 1. The van der Waals surface area contributed by atoms with Gasteiger partial charge >= 0.3 is 5.69 Å². The Hall–Kier alpha value is -1.76. The largest absolute Gasteiger partial charge is 1.00 e. The first-order valence-corrected chi connectivity index (χ1v) is 7.09. The molecule has 0 aliphatic rings. The Morgan fingerprint density at radius 1 is 1.26 bits per heavy atom. The number of aryl methyl sites for hydroxylation is 1. The number of sulfonamides is 1.